The van der Waals surface area contributed by atoms with E-state index < -0.39 is 17.8 Å². The predicted octanol–water partition coefficient (Wildman–Crippen LogP) is 20.0. The molecule has 4 amide bonds. The number of rotatable bonds is 39. The van der Waals surface area contributed by atoms with Gasteiger partial charge in [0.15, 0.2) is 0 Å². The maximum Gasteiger partial charge on any atom is 0.330 e. The van der Waals surface area contributed by atoms with Crippen LogP contribution in [0.3, 0.4) is 0 Å². The summed E-state index contributed by atoms with van der Waals surface area (Å²) >= 11 is 0. The van der Waals surface area contributed by atoms with E-state index in [2.05, 4.69) is 20.4 Å². The van der Waals surface area contributed by atoms with Gasteiger partial charge in [-0.25, -0.2) is 14.6 Å². The van der Waals surface area contributed by atoms with Gasteiger partial charge in [0.2, 0.25) is 0 Å². The molecule has 2 aliphatic rings. The first-order valence-corrected chi connectivity index (χ1v) is 33.0. The molecule has 0 aliphatic carbocycles. The van der Waals surface area contributed by atoms with Crippen molar-refractivity contribution in [3.05, 3.63) is 131 Å². The highest BCUT2D eigenvalue weighted by atomic mass is 16.5. The smallest absolute Gasteiger partial charge is 0.330 e. The van der Waals surface area contributed by atoms with Gasteiger partial charge < -0.3 is 14.6 Å². The molecule has 450 valence electrons. The number of carbonyl (C=O) groups is 5. The summed E-state index contributed by atoms with van der Waals surface area (Å²) in [6, 6.07) is 25.8. The van der Waals surface area contributed by atoms with Crippen molar-refractivity contribution in [3.63, 3.8) is 0 Å². The van der Waals surface area contributed by atoms with Gasteiger partial charge >= 0.3 is 5.97 Å². The lowest BCUT2D eigenvalue weighted by Gasteiger charge is -2.31. The minimum atomic E-state index is -0.407. The van der Waals surface area contributed by atoms with Crippen LogP contribution in [0.1, 0.15) is 259 Å². The van der Waals surface area contributed by atoms with Crippen molar-refractivity contribution in [2.24, 2.45) is 0 Å². The average Bonchev–Trinajstić information content (AvgIpc) is 0.740. The molecule has 7 aromatic rings. The van der Waals surface area contributed by atoms with Gasteiger partial charge in [-0.05, 0) is 155 Å². The maximum atomic E-state index is 15.1. The molecule has 2 heterocycles. The number of unbranched alkanes of at least 4 members (excludes halogenated alkanes) is 27. The van der Waals surface area contributed by atoms with Gasteiger partial charge in [0, 0.05) is 39.1 Å². The predicted molar refractivity (Wildman–Crippen MR) is 348 cm³/mol. The molecular formula is C75H92N2O8. The van der Waals surface area contributed by atoms with Gasteiger partial charge in [0.25, 0.3) is 23.6 Å². The lowest BCUT2D eigenvalue weighted by atomic mass is 9.82. The highest BCUT2D eigenvalue weighted by Crippen LogP contribution is 2.48. The Morgan fingerprint density at radius 3 is 1.14 bits per heavy atom. The Labute approximate surface area is 505 Å². The number of imide groups is 2. The fourth-order valence-electron chi connectivity index (χ4n) is 13.4. The second kappa shape index (κ2) is 31.4. The third-order valence-corrected chi connectivity index (χ3v) is 18.0. The first-order chi connectivity index (χ1) is 41.7. The average molecular weight is 1150 g/mol. The number of aryl methyl sites for hydroxylation is 2. The quantitative estimate of drug-likeness (QED) is 0.0101. The molecule has 0 saturated carbocycles. The number of ether oxygens (including phenoxy) is 2. The van der Waals surface area contributed by atoms with Crippen LogP contribution in [0.4, 0.5) is 11.4 Å². The molecule has 0 saturated heterocycles. The monoisotopic (exact) mass is 1150 g/mol. The molecule has 0 unspecified atom stereocenters. The molecule has 10 nitrogen and oxygen atoms in total. The first kappa shape index (κ1) is 62.5. The van der Waals surface area contributed by atoms with Crippen molar-refractivity contribution in [2.45, 2.75) is 219 Å². The number of aromatic hydroxyl groups is 1. The summed E-state index contributed by atoms with van der Waals surface area (Å²) in [6.07, 6.45) is 38.2. The topological polar surface area (TPSA) is 131 Å². The normalized spacial score (nSPS) is 13.2. The number of hydrogen-bond donors (Lipinski definition) is 1. The number of carbonyl (C=O) groups excluding carboxylic acids is 5. The van der Waals surface area contributed by atoms with Crippen molar-refractivity contribution in [1.29, 1.82) is 0 Å². The van der Waals surface area contributed by atoms with E-state index in [1.54, 1.807) is 18.2 Å². The minimum Gasteiger partial charge on any atom is -0.508 e. The number of esters is 1. The number of benzene rings is 7. The first-order valence-electron chi connectivity index (χ1n) is 33.0. The molecule has 2 aliphatic heterocycles. The summed E-state index contributed by atoms with van der Waals surface area (Å²) in [7, 11) is 0. The fraction of sp³-hybridized carbons (Fsp3) is 0.480. The molecule has 7 aromatic carbocycles. The Hall–Kier alpha value is -7.07. The Morgan fingerprint density at radius 2 is 0.753 bits per heavy atom. The Kier molecular flexibility index (Phi) is 23.0. The molecule has 0 fully saturated rings. The van der Waals surface area contributed by atoms with Gasteiger partial charge in [-0.1, -0.05) is 199 Å². The molecule has 85 heavy (non-hydrogen) atoms. The van der Waals surface area contributed by atoms with Crippen LogP contribution in [0.25, 0.3) is 43.1 Å². The van der Waals surface area contributed by atoms with Gasteiger partial charge in [0.1, 0.15) is 11.5 Å². The number of amides is 4. The maximum absolute atomic E-state index is 15.1. The number of fused-ring (bicyclic) bond motifs is 2. The number of nitrogens with zero attached hydrogens (tertiary/aromatic N) is 2. The lowest BCUT2D eigenvalue weighted by Crippen LogP contribution is -2.41. The summed E-state index contributed by atoms with van der Waals surface area (Å²) in [5, 5.41) is 16.8. The summed E-state index contributed by atoms with van der Waals surface area (Å²) in [5.74, 6) is -1.18. The van der Waals surface area contributed by atoms with Crippen LogP contribution < -0.4 is 14.5 Å². The molecule has 10 heteroatoms. The molecule has 9 rings (SSSR count). The Balaban J connectivity index is 0.913. The molecular weight excluding hydrogens is 1060 g/mol. The summed E-state index contributed by atoms with van der Waals surface area (Å²) in [6.45, 7) is 8.85. The van der Waals surface area contributed by atoms with Gasteiger partial charge in [-0.3, -0.25) is 19.2 Å². The third-order valence-electron chi connectivity index (χ3n) is 18.0. The Morgan fingerprint density at radius 1 is 0.412 bits per heavy atom. The number of hydrogen-bond acceptors (Lipinski definition) is 8. The van der Waals surface area contributed by atoms with E-state index in [1.807, 2.05) is 66.7 Å². The fourth-order valence-corrected chi connectivity index (χ4v) is 13.4. The van der Waals surface area contributed by atoms with Gasteiger partial charge in [-0.2, -0.15) is 0 Å². The number of phenolic OH excluding ortho intramolecular Hbond substituents is 1. The van der Waals surface area contributed by atoms with Crippen molar-refractivity contribution >= 4 is 84.1 Å². The van der Waals surface area contributed by atoms with Crippen LogP contribution in [0.2, 0.25) is 0 Å². The number of anilines is 2. The lowest BCUT2D eigenvalue weighted by molar-refractivity contribution is -0.137. The van der Waals surface area contributed by atoms with Crippen LogP contribution in [-0.4, -0.2) is 47.9 Å². The molecule has 0 bridgehead atoms. The van der Waals surface area contributed by atoms with E-state index >= 15 is 9.59 Å². The third kappa shape index (κ3) is 15.0. The zero-order valence-electron chi connectivity index (χ0n) is 51.1. The van der Waals surface area contributed by atoms with Gasteiger partial charge in [-0.15, -0.1) is 0 Å². The Bertz CT molecular complexity index is 3330. The second-order valence-electron chi connectivity index (χ2n) is 24.3. The number of phenols is 1. The highest BCUT2D eigenvalue weighted by molar-refractivity contribution is 6.45. The second-order valence-corrected chi connectivity index (χ2v) is 24.3. The van der Waals surface area contributed by atoms with E-state index in [0.29, 0.717) is 76.2 Å². The van der Waals surface area contributed by atoms with Crippen LogP contribution >= 0.6 is 0 Å². The van der Waals surface area contributed by atoms with Gasteiger partial charge in [0.05, 0.1) is 24.6 Å². The van der Waals surface area contributed by atoms with E-state index in [9.17, 15) is 19.5 Å². The van der Waals surface area contributed by atoms with E-state index in [1.165, 1.54) is 144 Å². The molecule has 0 atom stereocenters. The summed E-state index contributed by atoms with van der Waals surface area (Å²) in [5.41, 5.74) is 4.48. The standard InChI is InChI=1S/C75H92N2O8/c1-4-7-9-11-13-15-17-19-21-23-25-27-31-35-53-51-55(78)37-47-65(53)76-72(80)61-43-39-57-59-41-45-63-71-64(46-42-60(69(59)71)58-40-44-62(73(76)81)70(61)68(57)58)75(83)77(74(63)82)66-48-38-56(84-49-33-29-30-34-50-85-67(79)6-3)52-54(66)36-32-28-26-24-22-20-18-16-14-12-10-8-5-2/h6,37-48,51-52,78H,3-5,7-36,49-50H2,1-2H3. The van der Waals surface area contributed by atoms with Crippen LogP contribution in [0.5, 0.6) is 11.5 Å². The van der Waals surface area contributed by atoms with E-state index in [4.69, 9.17) is 9.47 Å². The van der Waals surface area contributed by atoms with E-state index in [0.717, 1.165) is 108 Å². The highest BCUT2D eigenvalue weighted by Gasteiger charge is 2.39. The van der Waals surface area contributed by atoms with Crippen molar-refractivity contribution < 1.29 is 38.6 Å². The van der Waals surface area contributed by atoms with Crippen molar-refractivity contribution in [2.75, 3.05) is 23.0 Å². The van der Waals surface area contributed by atoms with Crippen LogP contribution in [-0.2, 0) is 22.4 Å². The zero-order valence-corrected chi connectivity index (χ0v) is 51.1. The molecule has 0 radical (unpaired) electrons. The largest absolute Gasteiger partial charge is 0.508 e. The minimum absolute atomic E-state index is 0.103. The van der Waals surface area contributed by atoms with E-state index in [-0.39, 0.29) is 17.6 Å². The van der Waals surface area contributed by atoms with Crippen molar-refractivity contribution in [3.8, 4) is 11.5 Å². The summed E-state index contributed by atoms with van der Waals surface area (Å²) < 4.78 is 11.4. The zero-order chi connectivity index (χ0) is 59.5. The summed E-state index contributed by atoms with van der Waals surface area (Å²) in [4.78, 5) is 73.9. The van der Waals surface area contributed by atoms with Crippen LogP contribution in [0, 0.1) is 0 Å². The molecule has 1 N–H and O–H groups in total. The van der Waals surface area contributed by atoms with Crippen LogP contribution in [0.15, 0.2) is 97.6 Å². The molecule has 0 aromatic heterocycles. The molecule has 0 spiro atoms. The SMILES string of the molecule is C=CC(=O)OCCCCCCOc1ccc(N2C(=O)c3ccc4c5ccc6c7c(ccc(c8ccc(c3c48)C2=O)c75)C(=O)N(c2ccc(O)cc2CCCCCCCCCCCCCCC)C6=O)c(CCCCCCCCCCCCCCC)c1. The van der Waals surface area contributed by atoms with Crippen molar-refractivity contribution in [1.82, 2.24) is 0 Å².